The van der Waals surface area contributed by atoms with Crippen molar-refractivity contribution in [1.29, 1.82) is 0 Å². The molecule has 0 fully saturated rings. The number of hydrogen-bond acceptors (Lipinski definition) is 5. The molecular formula is C55H97NO5. The Bertz CT molecular complexity index is 1140. The standard InChI is InChI=1S/C55H97NO5/c1-4-7-10-13-16-19-22-25-27-30-33-36-39-42-45-48-55(60)61-51(46-43-40-37-34-31-29-26-23-20-17-14-11-8-5-2)49-54(59)56-52(50-57)53(58)47-44-41-38-35-32-28-24-21-18-15-12-9-6-3/h8,11,17,19-20,22,26,29,34,37,43,46,51-53,57-58H,4-7,9-10,12-16,18,21,23-25,27-28,30-33,35-36,38-42,44-45,47-50H2,1-3H3,(H,56,59)/b11-8+,20-17+,22-19-,29-26+,37-34+,46-43+. The minimum Gasteiger partial charge on any atom is -0.458 e. The van der Waals surface area contributed by atoms with Crippen molar-refractivity contribution in [3.05, 3.63) is 72.9 Å². The van der Waals surface area contributed by atoms with Gasteiger partial charge < -0.3 is 20.3 Å². The molecule has 6 nitrogen and oxygen atoms in total. The van der Waals surface area contributed by atoms with Gasteiger partial charge in [-0.25, -0.2) is 0 Å². The van der Waals surface area contributed by atoms with E-state index in [1.807, 2.05) is 6.08 Å². The van der Waals surface area contributed by atoms with Crippen LogP contribution in [-0.2, 0) is 14.3 Å². The van der Waals surface area contributed by atoms with Crippen LogP contribution in [0.1, 0.15) is 239 Å². The van der Waals surface area contributed by atoms with E-state index >= 15 is 0 Å². The van der Waals surface area contributed by atoms with Gasteiger partial charge in [0.15, 0.2) is 0 Å². The number of aliphatic hydroxyl groups is 2. The number of allylic oxidation sites excluding steroid dienone is 11. The Morgan fingerprint density at radius 2 is 0.918 bits per heavy atom. The van der Waals surface area contributed by atoms with E-state index < -0.39 is 18.2 Å². The SMILES string of the molecule is CC/C=C/C/C=C/C/C=C/C/C=C/C/C=C/C(CC(=O)NC(CO)C(O)CCCCCCCCCCCCCCC)OC(=O)CCCCCCCCC/C=C\CCCCCC. The average Bonchev–Trinajstić information content (AvgIpc) is 3.25. The number of hydrogen-bond donors (Lipinski definition) is 3. The molecule has 0 heterocycles. The topological polar surface area (TPSA) is 95.9 Å². The van der Waals surface area contributed by atoms with Crippen LogP contribution in [-0.4, -0.2) is 46.9 Å². The second-order valence-corrected chi connectivity index (χ2v) is 17.2. The molecular weight excluding hydrogens is 755 g/mol. The molecule has 6 heteroatoms. The first-order chi connectivity index (χ1) is 30.0. The fourth-order valence-electron chi connectivity index (χ4n) is 7.39. The molecule has 0 aliphatic heterocycles. The van der Waals surface area contributed by atoms with Crippen molar-refractivity contribution in [2.24, 2.45) is 0 Å². The van der Waals surface area contributed by atoms with Crippen LogP contribution in [0, 0.1) is 0 Å². The number of aliphatic hydroxyl groups excluding tert-OH is 2. The third-order valence-electron chi connectivity index (χ3n) is 11.3. The summed E-state index contributed by atoms with van der Waals surface area (Å²) in [6.45, 7) is 6.32. The summed E-state index contributed by atoms with van der Waals surface area (Å²) in [5.74, 6) is -0.634. The Hall–Kier alpha value is -2.70. The number of carbonyl (C=O) groups excluding carboxylic acids is 2. The van der Waals surface area contributed by atoms with Gasteiger partial charge in [-0.1, -0.05) is 222 Å². The largest absolute Gasteiger partial charge is 0.458 e. The zero-order chi connectivity index (χ0) is 44.5. The molecule has 0 bridgehead atoms. The van der Waals surface area contributed by atoms with E-state index in [4.69, 9.17) is 4.74 Å². The minimum absolute atomic E-state index is 0.0492. The third kappa shape index (κ3) is 43.7. The van der Waals surface area contributed by atoms with Gasteiger partial charge in [0.1, 0.15) is 6.10 Å². The number of carbonyl (C=O) groups is 2. The number of esters is 1. The van der Waals surface area contributed by atoms with E-state index in [-0.39, 0.29) is 24.9 Å². The maximum Gasteiger partial charge on any atom is 0.306 e. The molecule has 0 aromatic heterocycles. The van der Waals surface area contributed by atoms with E-state index in [1.54, 1.807) is 6.08 Å². The van der Waals surface area contributed by atoms with Gasteiger partial charge in [-0.05, 0) is 76.7 Å². The summed E-state index contributed by atoms with van der Waals surface area (Å²) in [4.78, 5) is 26.1. The van der Waals surface area contributed by atoms with Crippen molar-refractivity contribution in [3.63, 3.8) is 0 Å². The van der Waals surface area contributed by atoms with Gasteiger partial charge >= 0.3 is 5.97 Å². The second-order valence-electron chi connectivity index (χ2n) is 17.2. The fraction of sp³-hybridized carbons (Fsp3) is 0.745. The molecule has 0 spiro atoms. The average molecular weight is 852 g/mol. The van der Waals surface area contributed by atoms with Gasteiger partial charge in [0.2, 0.25) is 5.91 Å². The lowest BCUT2D eigenvalue weighted by Crippen LogP contribution is -2.46. The smallest absolute Gasteiger partial charge is 0.306 e. The predicted octanol–water partition coefficient (Wildman–Crippen LogP) is 15.4. The fourth-order valence-corrected chi connectivity index (χ4v) is 7.39. The van der Waals surface area contributed by atoms with E-state index in [0.717, 1.165) is 64.2 Å². The molecule has 3 unspecified atom stereocenters. The highest BCUT2D eigenvalue weighted by Crippen LogP contribution is 2.16. The highest BCUT2D eigenvalue weighted by molar-refractivity contribution is 5.78. The molecule has 0 rings (SSSR count). The predicted molar refractivity (Wildman–Crippen MR) is 264 cm³/mol. The molecule has 0 aromatic rings. The highest BCUT2D eigenvalue weighted by Gasteiger charge is 2.23. The molecule has 0 aliphatic rings. The molecule has 0 radical (unpaired) electrons. The van der Waals surface area contributed by atoms with Gasteiger partial charge in [0.25, 0.3) is 0 Å². The first-order valence-electron chi connectivity index (χ1n) is 25.7. The van der Waals surface area contributed by atoms with E-state index in [9.17, 15) is 19.8 Å². The van der Waals surface area contributed by atoms with E-state index in [2.05, 4.69) is 86.8 Å². The van der Waals surface area contributed by atoms with Crippen LogP contribution >= 0.6 is 0 Å². The quantitative estimate of drug-likeness (QED) is 0.0322. The minimum atomic E-state index is -0.821. The number of rotatable bonds is 45. The molecule has 0 saturated carbocycles. The van der Waals surface area contributed by atoms with Gasteiger partial charge in [-0.15, -0.1) is 0 Å². The maximum atomic E-state index is 13.2. The summed E-state index contributed by atoms with van der Waals surface area (Å²) in [5, 5.41) is 23.7. The Kier molecular flexibility index (Phi) is 46.2. The zero-order valence-electron chi connectivity index (χ0n) is 40.0. The lowest BCUT2D eigenvalue weighted by molar-refractivity contribution is -0.148. The van der Waals surface area contributed by atoms with Crippen LogP contribution < -0.4 is 5.32 Å². The monoisotopic (exact) mass is 852 g/mol. The Morgan fingerprint density at radius 1 is 0.508 bits per heavy atom. The molecule has 1 amide bonds. The van der Waals surface area contributed by atoms with Crippen molar-refractivity contribution in [3.8, 4) is 0 Å². The summed E-state index contributed by atoms with van der Waals surface area (Å²) >= 11 is 0. The van der Waals surface area contributed by atoms with Gasteiger partial charge in [0.05, 0.1) is 25.2 Å². The van der Waals surface area contributed by atoms with Crippen LogP contribution in [0.2, 0.25) is 0 Å². The molecule has 61 heavy (non-hydrogen) atoms. The number of unbranched alkanes of at least 4 members (excludes halogenated alkanes) is 23. The second kappa shape index (κ2) is 48.3. The number of ether oxygens (including phenoxy) is 1. The van der Waals surface area contributed by atoms with Crippen LogP contribution in [0.3, 0.4) is 0 Å². The summed E-state index contributed by atoms with van der Waals surface area (Å²) in [7, 11) is 0. The molecule has 352 valence electrons. The van der Waals surface area contributed by atoms with Gasteiger partial charge in [-0.2, -0.15) is 0 Å². The molecule has 0 aliphatic carbocycles. The van der Waals surface area contributed by atoms with Crippen LogP contribution in [0.4, 0.5) is 0 Å². The van der Waals surface area contributed by atoms with Crippen molar-refractivity contribution < 1.29 is 24.5 Å². The first kappa shape index (κ1) is 58.3. The maximum absolute atomic E-state index is 13.2. The molecule has 0 saturated heterocycles. The summed E-state index contributed by atoms with van der Waals surface area (Å²) < 4.78 is 5.82. The Balaban J connectivity index is 4.73. The van der Waals surface area contributed by atoms with Crippen molar-refractivity contribution in [2.45, 2.75) is 257 Å². The third-order valence-corrected chi connectivity index (χ3v) is 11.3. The number of nitrogens with one attached hydrogen (secondary N) is 1. The van der Waals surface area contributed by atoms with Gasteiger partial charge in [-0.3, -0.25) is 9.59 Å². The van der Waals surface area contributed by atoms with Crippen molar-refractivity contribution >= 4 is 11.9 Å². The van der Waals surface area contributed by atoms with E-state index in [1.165, 1.54) is 128 Å². The summed E-state index contributed by atoms with van der Waals surface area (Å²) in [5.41, 5.74) is 0. The van der Waals surface area contributed by atoms with E-state index in [0.29, 0.717) is 19.3 Å². The lowest BCUT2D eigenvalue weighted by atomic mass is 10.0. The van der Waals surface area contributed by atoms with Crippen molar-refractivity contribution in [1.82, 2.24) is 5.32 Å². The summed E-state index contributed by atoms with van der Waals surface area (Å²) in [6.07, 6.45) is 61.3. The van der Waals surface area contributed by atoms with Crippen LogP contribution in [0.15, 0.2) is 72.9 Å². The van der Waals surface area contributed by atoms with Crippen LogP contribution in [0.5, 0.6) is 0 Å². The van der Waals surface area contributed by atoms with Gasteiger partial charge in [0, 0.05) is 6.42 Å². The first-order valence-corrected chi connectivity index (χ1v) is 25.7. The normalized spacial score (nSPS) is 13.9. The van der Waals surface area contributed by atoms with Crippen LogP contribution in [0.25, 0.3) is 0 Å². The van der Waals surface area contributed by atoms with Crippen molar-refractivity contribution in [2.75, 3.05) is 6.61 Å². The zero-order valence-corrected chi connectivity index (χ0v) is 40.0. The molecule has 3 N–H and O–H groups in total. The lowest BCUT2D eigenvalue weighted by Gasteiger charge is -2.23. The summed E-state index contributed by atoms with van der Waals surface area (Å²) in [6, 6.07) is -0.744. The Morgan fingerprint density at radius 3 is 1.39 bits per heavy atom. The molecule has 3 atom stereocenters. The molecule has 0 aromatic carbocycles. The number of amides is 1. The highest BCUT2D eigenvalue weighted by atomic mass is 16.5. The Labute approximate surface area is 377 Å².